The fraction of sp³-hybridized carbons (Fsp3) is 0.571. The summed E-state index contributed by atoms with van der Waals surface area (Å²) in [6, 6.07) is 0.247. The standard InChI is InChI=1S/C14H19N3O2/c1-4-7-17-8-5-6-12(17)10-19-14(18)13-9-15-16(3)11(13)2/h1,9,12H,5-8,10H2,2-3H3. The second kappa shape index (κ2) is 5.89. The largest absolute Gasteiger partial charge is 0.460 e. The SMILES string of the molecule is C#CCN1CCCC1COC(=O)c1cnn(C)c1C. The van der Waals surface area contributed by atoms with Gasteiger partial charge in [0.1, 0.15) is 12.2 Å². The van der Waals surface area contributed by atoms with E-state index in [1.807, 2.05) is 6.92 Å². The Kier molecular flexibility index (Phi) is 4.23. The molecule has 1 aromatic rings. The van der Waals surface area contributed by atoms with Gasteiger partial charge in [-0.3, -0.25) is 9.58 Å². The first-order chi connectivity index (χ1) is 9.13. The van der Waals surface area contributed by atoms with Crippen LogP contribution < -0.4 is 0 Å². The minimum absolute atomic E-state index is 0.247. The Morgan fingerprint density at radius 1 is 1.68 bits per heavy atom. The number of carbonyl (C=O) groups is 1. The van der Waals surface area contributed by atoms with Crippen molar-refractivity contribution in [3.8, 4) is 12.3 Å². The number of carbonyl (C=O) groups excluding carboxylic acids is 1. The average Bonchev–Trinajstić information content (AvgIpc) is 2.96. The van der Waals surface area contributed by atoms with Gasteiger partial charge >= 0.3 is 5.97 Å². The molecule has 0 saturated carbocycles. The number of hydrogen-bond donors (Lipinski definition) is 0. The molecule has 1 aliphatic rings. The molecule has 2 heterocycles. The van der Waals surface area contributed by atoms with Crippen molar-refractivity contribution in [1.29, 1.82) is 0 Å². The molecule has 0 aromatic carbocycles. The highest BCUT2D eigenvalue weighted by Crippen LogP contribution is 2.17. The summed E-state index contributed by atoms with van der Waals surface area (Å²) < 4.78 is 7.04. The summed E-state index contributed by atoms with van der Waals surface area (Å²) in [6.07, 6.45) is 9.01. The van der Waals surface area contributed by atoms with Crippen LogP contribution in [0.15, 0.2) is 6.20 Å². The Morgan fingerprint density at radius 3 is 3.11 bits per heavy atom. The summed E-state index contributed by atoms with van der Waals surface area (Å²) in [5.41, 5.74) is 1.35. The summed E-state index contributed by atoms with van der Waals surface area (Å²) in [7, 11) is 1.80. The fourth-order valence-corrected chi connectivity index (χ4v) is 2.36. The maximum absolute atomic E-state index is 12.0. The third-order valence-corrected chi connectivity index (χ3v) is 3.66. The third kappa shape index (κ3) is 2.96. The molecule has 0 N–H and O–H groups in total. The first-order valence-corrected chi connectivity index (χ1v) is 6.46. The highest BCUT2D eigenvalue weighted by molar-refractivity contribution is 5.90. The molecule has 19 heavy (non-hydrogen) atoms. The smallest absolute Gasteiger partial charge is 0.341 e. The number of aromatic nitrogens is 2. The lowest BCUT2D eigenvalue weighted by molar-refractivity contribution is 0.0406. The van der Waals surface area contributed by atoms with E-state index in [2.05, 4.69) is 15.9 Å². The van der Waals surface area contributed by atoms with Crippen LogP contribution in [0.2, 0.25) is 0 Å². The molecular formula is C14H19N3O2. The van der Waals surface area contributed by atoms with E-state index >= 15 is 0 Å². The van der Waals surface area contributed by atoms with Gasteiger partial charge in [0.15, 0.2) is 0 Å². The molecule has 0 amide bonds. The summed E-state index contributed by atoms with van der Waals surface area (Å²) in [5.74, 6) is 2.34. The number of terminal acetylenes is 1. The number of esters is 1. The van der Waals surface area contributed by atoms with E-state index in [1.165, 1.54) is 0 Å². The van der Waals surface area contributed by atoms with Gasteiger partial charge in [-0.15, -0.1) is 6.42 Å². The zero-order valence-corrected chi connectivity index (χ0v) is 11.4. The van der Waals surface area contributed by atoms with Gasteiger partial charge in [0.2, 0.25) is 0 Å². The van der Waals surface area contributed by atoms with Crippen molar-refractivity contribution in [3.63, 3.8) is 0 Å². The quantitative estimate of drug-likeness (QED) is 0.599. The zero-order valence-electron chi connectivity index (χ0n) is 11.4. The molecule has 5 nitrogen and oxygen atoms in total. The van der Waals surface area contributed by atoms with Gasteiger partial charge in [-0.25, -0.2) is 4.79 Å². The van der Waals surface area contributed by atoms with Crippen LogP contribution in [-0.2, 0) is 11.8 Å². The normalized spacial score (nSPS) is 19.3. The van der Waals surface area contributed by atoms with E-state index in [1.54, 1.807) is 17.9 Å². The van der Waals surface area contributed by atoms with E-state index in [4.69, 9.17) is 11.2 Å². The van der Waals surface area contributed by atoms with Crippen molar-refractivity contribution in [2.75, 3.05) is 19.7 Å². The number of hydrogen-bond acceptors (Lipinski definition) is 4. The van der Waals surface area contributed by atoms with E-state index in [-0.39, 0.29) is 12.0 Å². The van der Waals surface area contributed by atoms with E-state index in [0.717, 1.165) is 25.1 Å². The monoisotopic (exact) mass is 261 g/mol. The van der Waals surface area contributed by atoms with Crippen LogP contribution in [0.1, 0.15) is 28.9 Å². The number of ether oxygens (including phenoxy) is 1. The van der Waals surface area contributed by atoms with Crippen molar-refractivity contribution < 1.29 is 9.53 Å². The predicted octanol–water partition coefficient (Wildman–Crippen LogP) is 0.983. The summed E-state index contributed by atoms with van der Waals surface area (Å²) in [4.78, 5) is 14.1. The van der Waals surface area contributed by atoms with Crippen LogP contribution >= 0.6 is 0 Å². The van der Waals surface area contributed by atoms with Crippen molar-refractivity contribution >= 4 is 5.97 Å². The molecule has 1 aromatic heterocycles. The Bertz CT molecular complexity index is 501. The lowest BCUT2D eigenvalue weighted by Crippen LogP contribution is -2.34. The lowest BCUT2D eigenvalue weighted by atomic mass is 10.2. The van der Waals surface area contributed by atoms with E-state index in [9.17, 15) is 4.79 Å². The molecule has 1 atom stereocenters. The molecule has 1 aliphatic heterocycles. The van der Waals surface area contributed by atoms with Gasteiger partial charge in [-0.1, -0.05) is 5.92 Å². The Balaban J connectivity index is 1.90. The maximum Gasteiger partial charge on any atom is 0.341 e. The topological polar surface area (TPSA) is 47.4 Å². The van der Waals surface area contributed by atoms with Gasteiger partial charge in [0.25, 0.3) is 0 Å². The number of nitrogens with zero attached hydrogens (tertiary/aromatic N) is 3. The van der Waals surface area contributed by atoms with Gasteiger partial charge in [-0.2, -0.15) is 5.10 Å². The van der Waals surface area contributed by atoms with E-state index < -0.39 is 0 Å². The second-order valence-corrected chi connectivity index (χ2v) is 4.84. The van der Waals surface area contributed by atoms with Crippen molar-refractivity contribution in [2.45, 2.75) is 25.8 Å². The number of aryl methyl sites for hydroxylation is 1. The van der Waals surface area contributed by atoms with Gasteiger partial charge in [0.05, 0.1) is 12.7 Å². The highest BCUT2D eigenvalue weighted by Gasteiger charge is 2.25. The zero-order chi connectivity index (χ0) is 13.8. The van der Waals surface area contributed by atoms with Crippen LogP contribution in [0.25, 0.3) is 0 Å². The van der Waals surface area contributed by atoms with Crippen LogP contribution in [0, 0.1) is 19.3 Å². The van der Waals surface area contributed by atoms with Crippen LogP contribution in [0.4, 0.5) is 0 Å². The molecule has 1 saturated heterocycles. The molecule has 1 fully saturated rings. The fourth-order valence-electron chi connectivity index (χ4n) is 2.36. The first kappa shape index (κ1) is 13.6. The van der Waals surface area contributed by atoms with E-state index in [0.29, 0.717) is 18.7 Å². The van der Waals surface area contributed by atoms with Gasteiger partial charge in [-0.05, 0) is 26.3 Å². The molecule has 2 rings (SSSR count). The van der Waals surface area contributed by atoms with Crippen molar-refractivity contribution in [2.24, 2.45) is 7.05 Å². The predicted molar refractivity (Wildman–Crippen MR) is 71.7 cm³/mol. The number of rotatable bonds is 4. The summed E-state index contributed by atoms with van der Waals surface area (Å²) in [5, 5.41) is 4.04. The first-order valence-electron chi connectivity index (χ1n) is 6.46. The summed E-state index contributed by atoms with van der Waals surface area (Å²) >= 11 is 0. The van der Waals surface area contributed by atoms with Crippen molar-refractivity contribution in [1.82, 2.24) is 14.7 Å². The van der Waals surface area contributed by atoms with Gasteiger partial charge in [0, 0.05) is 18.8 Å². The molecule has 0 spiro atoms. The molecule has 1 unspecified atom stereocenters. The third-order valence-electron chi connectivity index (χ3n) is 3.66. The number of likely N-dealkylation sites (tertiary alicyclic amines) is 1. The Morgan fingerprint density at radius 2 is 2.47 bits per heavy atom. The minimum atomic E-state index is -0.307. The van der Waals surface area contributed by atoms with Crippen LogP contribution in [-0.4, -0.2) is 46.4 Å². The highest BCUT2D eigenvalue weighted by atomic mass is 16.5. The molecule has 102 valence electrons. The van der Waals surface area contributed by atoms with Crippen LogP contribution in [0.5, 0.6) is 0 Å². The Hall–Kier alpha value is -1.80. The Labute approximate surface area is 113 Å². The molecular weight excluding hydrogens is 242 g/mol. The van der Waals surface area contributed by atoms with Gasteiger partial charge < -0.3 is 4.74 Å². The molecule has 0 radical (unpaired) electrons. The van der Waals surface area contributed by atoms with Crippen LogP contribution in [0.3, 0.4) is 0 Å². The summed E-state index contributed by atoms with van der Waals surface area (Å²) in [6.45, 7) is 3.85. The molecule has 0 aliphatic carbocycles. The van der Waals surface area contributed by atoms with Crippen molar-refractivity contribution in [3.05, 3.63) is 17.5 Å². The molecule has 5 heteroatoms. The maximum atomic E-state index is 12.0. The lowest BCUT2D eigenvalue weighted by Gasteiger charge is -2.21. The minimum Gasteiger partial charge on any atom is -0.460 e. The average molecular weight is 261 g/mol. The second-order valence-electron chi connectivity index (χ2n) is 4.84. The molecule has 0 bridgehead atoms.